The van der Waals surface area contributed by atoms with E-state index in [4.69, 9.17) is 0 Å². The van der Waals surface area contributed by atoms with Crippen LogP contribution in [0.5, 0.6) is 0 Å². The summed E-state index contributed by atoms with van der Waals surface area (Å²) in [5.41, 5.74) is 1.70. The summed E-state index contributed by atoms with van der Waals surface area (Å²) in [7, 11) is 0. The molecule has 3 rings (SSSR count). The van der Waals surface area contributed by atoms with Crippen molar-refractivity contribution < 1.29 is 13.6 Å². The second kappa shape index (κ2) is 7.23. The Kier molecular flexibility index (Phi) is 5.02. The van der Waals surface area contributed by atoms with Gasteiger partial charge in [0.2, 0.25) is 5.91 Å². The zero-order valence-corrected chi connectivity index (χ0v) is 14.9. The van der Waals surface area contributed by atoms with Crippen LogP contribution in [0.4, 0.5) is 8.78 Å². The van der Waals surface area contributed by atoms with Crippen LogP contribution in [0.2, 0.25) is 0 Å². The number of imidazole rings is 1. The molecule has 0 aliphatic carbocycles. The molecule has 0 radical (unpaired) electrons. The molecule has 26 heavy (non-hydrogen) atoms. The molecule has 3 aromatic rings. The summed E-state index contributed by atoms with van der Waals surface area (Å²) in [6.07, 6.45) is 1.46. The molecule has 136 valence electrons. The summed E-state index contributed by atoms with van der Waals surface area (Å²) in [5.74, 6) is -2.17. The van der Waals surface area contributed by atoms with Gasteiger partial charge in [0.15, 0.2) is 11.6 Å². The number of hydrogen-bond donors (Lipinski definition) is 1. The van der Waals surface area contributed by atoms with E-state index >= 15 is 0 Å². The fraction of sp³-hybridized carbons (Fsp3) is 0.300. The van der Waals surface area contributed by atoms with E-state index in [1.807, 2.05) is 51.1 Å². The third kappa shape index (κ3) is 3.45. The van der Waals surface area contributed by atoms with Gasteiger partial charge in [0.05, 0.1) is 23.4 Å². The van der Waals surface area contributed by atoms with Crippen LogP contribution < -0.4 is 5.32 Å². The Morgan fingerprint density at radius 1 is 1.08 bits per heavy atom. The molecule has 0 saturated carbocycles. The maximum atomic E-state index is 13.7. The highest BCUT2D eigenvalue weighted by Crippen LogP contribution is 2.26. The predicted octanol–water partition coefficient (Wildman–Crippen LogP) is 4.39. The third-order valence-electron chi connectivity index (χ3n) is 4.47. The van der Waals surface area contributed by atoms with Crippen molar-refractivity contribution in [3.63, 3.8) is 0 Å². The monoisotopic (exact) mass is 357 g/mol. The molecule has 0 fully saturated rings. The number of carbonyl (C=O) groups excluding carboxylic acids is 1. The molecule has 1 amide bonds. The van der Waals surface area contributed by atoms with Crippen LogP contribution in [-0.4, -0.2) is 15.5 Å². The summed E-state index contributed by atoms with van der Waals surface area (Å²) in [6, 6.07) is 11.0. The molecule has 4 nitrogen and oxygen atoms in total. The zero-order chi connectivity index (χ0) is 18.8. The first-order chi connectivity index (χ1) is 12.4. The Labute approximate surface area is 150 Å². The van der Waals surface area contributed by atoms with E-state index in [0.29, 0.717) is 11.0 Å². The largest absolute Gasteiger partial charge is 0.348 e. The molecule has 0 bridgehead atoms. The maximum absolute atomic E-state index is 13.7. The standard InChI is InChI=1S/C20H21F2N3O/c1-12(2)19(20(26)24-13(3)14-7-5-4-6-8-14)25-11-23-17-9-15(21)16(22)10-18(17)25/h4-13,19H,1-3H3,(H,24,26)/t13-,19+/m0/s1. The van der Waals surface area contributed by atoms with Crippen LogP contribution in [0.1, 0.15) is 38.4 Å². The van der Waals surface area contributed by atoms with Gasteiger partial charge in [0.25, 0.3) is 0 Å². The van der Waals surface area contributed by atoms with Crippen molar-refractivity contribution >= 4 is 16.9 Å². The van der Waals surface area contributed by atoms with Gasteiger partial charge in [-0.05, 0) is 18.4 Å². The Morgan fingerprint density at radius 2 is 1.73 bits per heavy atom. The van der Waals surface area contributed by atoms with Crippen LogP contribution in [-0.2, 0) is 4.79 Å². The molecule has 1 aromatic heterocycles. The predicted molar refractivity (Wildman–Crippen MR) is 96.5 cm³/mol. The number of nitrogens with one attached hydrogen (secondary N) is 1. The quantitative estimate of drug-likeness (QED) is 0.736. The van der Waals surface area contributed by atoms with E-state index in [-0.39, 0.29) is 17.9 Å². The summed E-state index contributed by atoms with van der Waals surface area (Å²) in [5, 5.41) is 3.00. The normalized spacial score (nSPS) is 13.8. The number of nitrogens with zero attached hydrogens (tertiary/aromatic N) is 2. The molecule has 2 atom stereocenters. The number of benzene rings is 2. The number of hydrogen-bond acceptors (Lipinski definition) is 2. The van der Waals surface area contributed by atoms with E-state index in [2.05, 4.69) is 10.3 Å². The van der Waals surface area contributed by atoms with Crippen molar-refractivity contribution in [1.29, 1.82) is 0 Å². The Bertz CT molecular complexity index is 921. The number of aromatic nitrogens is 2. The maximum Gasteiger partial charge on any atom is 0.243 e. The second-order valence-electron chi connectivity index (χ2n) is 6.74. The summed E-state index contributed by atoms with van der Waals surface area (Å²) in [4.78, 5) is 17.1. The molecule has 0 saturated heterocycles. The third-order valence-corrected chi connectivity index (χ3v) is 4.47. The first-order valence-electron chi connectivity index (χ1n) is 8.55. The van der Waals surface area contributed by atoms with Gasteiger partial charge in [-0.3, -0.25) is 4.79 Å². The first-order valence-corrected chi connectivity index (χ1v) is 8.55. The van der Waals surface area contributed by atoms with Gasteiger partial charge < -0.3 is 9.88 Å². The number of carbonyl (C=O) groups is 1. The minimum atomic E-state index is -0.959. The minimum absolute atomic E-state index is 0.0662. The fourth-order valence-electron chi connectivity index (χ4n) is 3.12. The van der Waals surface area contributed by atoms with Crippen LogP contribution >= 0.6 is 0 Å². The van der Waals surface area contributed by atoms with Gasteiger partial charge in [0, 0.05) is 12.1 Å². The lowest BCUT2D eigenvalue weighted by molar-refractivity contribution is -0.126. The Morgan fingerprint density at radius 3 is 2.38 bits per heavy atom. The molecular weight excluding hydrogens is 336 g/mol. The summed E-state index contributed by atoms with van der Waals surface area (Å²) >= 11 is 0. The molecular formula is C20H21F2N3O. The van der Waals surface area contributed by atoms with E-state index < -0.39 is 17.7 Å². The van der Waals surface area contributed by atoms with E-state index in [9.17, 15) is 13.6 Å². The number of fused-ring (bicyclic) bond motifs is 1. The zero-order valence-electron chi connectivity index (χ0n) is 14.9. The topological polar surface area (TPSA) is 46.9 Å². The van der Waals surface area contributed by atoms with E-state index in [1.54, 1.807) is 4.57 Å². The number of amides is 1. The van der Waals surface area contributed by atoms with Gasteiger partial charge in [-0.1, -0.05) is 44.2 Å². The molecule has 2 aromatic carbocycles. The number of rotatable bonds is 5. The van der Waals surface area contributed by atoms with Crippen molar-refractivity contribution in [2.24, 2.45) is 5.92 Å². The van der Waals surface area contributed by atoms with Crippen molar-refractivity contribution in [1.82, 2.24) is 14.9 Å². The highest BCUT2D eigenvalue weighted by molar-refractivity contribution is 5.84. The van der Waals surface area contributed by atoms with Crippen molar-refractivity contribution in [3.8, 4) is 0 Å². The Balaban J connectivity index is 1.92. The molecule has 1 heterocycles. The van der Waals surface area contributed by atoms with Crippen LogP contribution in [0, 0.1) is 17.6 Å². The first kappa shape index (κ1) is 18.0. The molecule has 0 unspecified atom stereocenters. The Hall–Kier alpha value is -2.76. The highest BCUT2D eigenvalue weighted by atomic mass is 19.2. The average molecular weight is 357 g/mol. The SMILES string of the molecule is CC(C)[C@H](C(=O)N[C@@H](C)c1ccccc1)n1cnc2cc(F)c(F)cc21. The lowest BCUT2D eigenvalue weighted by Gasteiger charge is -2.25. The lowest BCUT2D eigenvalue weighted by atomic mass is 10.0. The van der Waals surface area contributed by atoms with Gasteiger partial charge in [-0.25, -0.2) is 13.8 Å². The fourth-order valence-corrected chi connectivity index (χ4v) is 3.12. The van der Waals surface area contributed by atoms with Gasteiger partial charge >= 0.3 is 0 Å². The van der Waals surface area contributed by atoms with Gasteiger partial charge in [-0.15, -0.1) is 0 Å². The highest BCUT2D eigenvalue weighted by Gasteiger charge is 2.27. The van der Waals surface area contributed by atoms with Crippen LogP contribution in [0.3, 0.4) is 0 Å². The molecule has 0 aliphatic heterocycles. The van der Waals surface area contributed by atoms with E-state index in [1.165, 1.54) is 6.33 Å². The average Bonchev–Trinajstić information content (AvgIpc) is 2.98. The molecule has 0 spiro atoms. The van der Waals surface area contributed by atoms with Gasteiger partial charge in [0.1, 0.15) is 6.04 Å². The minimum Gasteiger partial charge on any atom is -0.348 e. The summed E-state index contributed by atoms with van der Waals surface area (Å²) in [6.45, 7) is 5.72. The van der Waals surface area contributed by atoms with Crippen molar-refractivity contribution in [2.75, 3.05) is 0 Å². The van der Waals surface area contributed by atoms with Gasteiger partial charge in [-0.2, -0.15) is 0 Å². The van der Waals surface area contributed by atoms with Crippen molar-refractivity contribution in [3.05, 3.63) is 66.0 Å². The smallest absolute Gasteiger partial charge is 0.243 e. The molecule has 0 aliphatic rings. The van der Waals surface area contributed by atoms with E-state index in [0.717, 1.165) is 17.7 Å². The van der Waals surface area contributed by atoms with Crippen molar-refractivity contribution in [2.45, 2.75) is 32.9 Å². The lowest BCUT2D eigenvalue weighted by Crippen LogP contribution is -2.36. The molecule has 1 N–H and O–H groups in total. The van der Waals surface area contributed by atoms with Crippen LogP contribution in [0.25, 0.3) is 11.0 Å². The summed E-state index contributed by atoms with van der Waals surface area (Å²) < 4.78 is 28.7. The van der Waals surface area contributed by atoms with Crippen LogP contribution in [0.15, 0.2) is 48.8 Å². The number of halogens is 2. The molecule has 6 heteroatoms. The second-order valence-corrected chi connectivity index (χ2v) is 6.74.